The van der Waals surface area contributed by atoms with Crippen LogP contribution in [0, 0.1) is 0 Å². The molecule has 16 heavy (non-hydrogen) atoms. The summed E-state index contributed by atoms with van der Waals surface area (Å²) in [4.78, 5) is 24.7. The van der Waals surface area contributed by atoms with Gasteiger partial charge in [0, 0.05) is 12.3 Å². The Kier molecular flexibility index (Phi) is 3.65. The first kappa shape index (κ1) is 11.8. The largest absolute Gasteiger partial charge is 0.409 e. The van der Waals surface area contributed by atoms with Crippen LogP contribution in [0.1, 0.15) is 17.3 Å². The van der Waals surface area contributed by atoms with E-state index in [-0.39, 0.29) is 17.0 Å². The van der Waals surface area contributed by atoms with E-state index in [9.17, 15) is 9.59 Å². The lowest BCUT2D eigenvalue weighted by atomic mass is 10.2. The van der Waals surface area contributed by atoms with Crippen LogP contribution < -0.4 is 16.6 Å². The Balaban J connectivity index is 2.73. The van der Waals surface area contributed by atoms with Crippen molar-refractivity contribution in [2.45, 2.75) is 13.0 Å². The van der Waals surface area contributed by atoms with Gasteiger partial charge in [-0.05, 0) is 13.0 Å². The van der Waals surface area contributed by atoms with Gasteiger partial charge in [-0.15, -0.1) is 0 Å². The number of nitrogens with one attached hydrogen (secondary N) is 2. The van der Waals surface area contributed by atoms with Crippen LogP contribution in [-0.2, 0) is 0 Å². The third-order valence-electron chi connectivity index (χ3n) is 1.95. The maximum Gasteiger partial charge on any atom is 0.253 e. The van der Waals surface area contributed by atoms with Gasteiger partial charge in [0.05, 0.1) is 11.6 Å². The van der Waals surface area contributed by atoms with Crippen molar-refractivity contribution in [2.24, 2.45) is 10.9 Å². The molecule has 1 rings (SSSR count). The summed E-state index contributed by atoms with van der Waals surface area (Å²) in [5.74, 6) is -0.520. The Morgan fingerprint density at radius 2 is 2.31 bits per heavy atom. The maximum absolute atomic E-state index is 11.6. The molecule has 0 aliphatic carbocycles. The van der Waals surface area contributed by atoms with Crippen molar-refractivity contribution >= 4 is 11.7 Å². The van der Waals surface area contributed by atoms with Crippen LogP contribution >= 0.6 is 0 Å². The Bertz CT molecular complexity index is 446. The fraction of sp³-hybridized carbons (Fsp3) is 0.222. The maximum atomic E-state index is 11.6. The van der Waals surface area contributed by atoms with Gasteiger partial charge in [-0.25, -0.2) is 0 Å². The first-order chi connectivity index (χ1) is 7.54. The fourth-order valence-corrected chi connectivity index (χ4v) is 0.992. The van der Waals surface area contributed by atoms with E-state index in [0.717, 1.165) is 0 Å². The SMILES string of the molecule is CC(NC(=O)c1ccc(=O)[nH]c1)/C(N)=N/O. The molecule has 1 heterocycles. The predicted octanol–water partition coefficient (Wildman–Crippen LogP) is -0.760. The summed E-state index contributed by atoms with van der Waals surface area (Å²) in [5.41, 5.74) is 5.29. The van der Waals surface area contributed by atoms with Gasteiger partial charge < -0.3 is 21.2 Å². The monoisotopic (exact) mass is 224 g/mol. The molecule has 1 aromatic rings. The number of amides is 1. The zero-order valence-corrected chi connectivity index (χ0v) is 8.60. The second kappa shape index (κ2) is 4.96. The molecule has 5 N–H and O–H groups in total. The van der Waals surface area contributed by atoms with Crippen LogP contribution in [0.3, 0.4) is 0 Å². The highest BCUT2D eigenvalue weighted by Crippen LogP contribution is 1.94. The number of H-pyrrole nitrogens is 1. The van der Waals surface area contributed by atoms with Crippen molar-refractivity contribution in [1.82, 2.24) is 10.3 Å². The van der Waals surface area contributed by atoms with Crippen molar-refractivity contribution in [3.8, 4) is 0 Å². The molecule has 0 saturated heterocycles. The Morgan fingerprint density at radius 1 is 1.62 bits per heavy atom. The summed E-state index contributed by atoms with van der Waals surface area (Å²) in [7, 11) is 0. The molecular formula is C9H12N4O3. The van der Waals surface area contributed by atoms with Crippen molar-refractivity contribution < 1.29 is 10.0 Å². The number of carbonyl (C=O) groups excluding carboxylic acids is 1. The van der Waals surface area contributed by atoms with E-state index < -0.39 is 11.9 Å². The molecule has 86 valence electrons. The summed E-state index contributed by atoms with van der Waals surface area (Å²) in [6.45, 7) is 1.57. The minimum Gasteiger partial charge on any atom is -0.409 e. The van der Waals surface area contributed by atoms with Gasteiger partial charge >= 0.3 is 0 Å². The molecule has 1 atom stereocenters. The molecule has 1 aromatic heterocycles. The molecule has 0 radical (unpaired) electrons. The third kappa shape index (κ3) is 2.84. The van der Waals surface area contributed by atoms with Crippen LogP contribution in [0.4, 0.5) is 0 Å². The second-order valence-electron chi connectivity index (χ2n) is 3.16. The lowest BCUT2D eigenvalue weighted by Gasteiger charge is -2.11. The summed E-state index contributed by atoms with van der Waals surface area (Å²) >= 11 is 0. The van der Waals surface area contributed by atoms with Gasteiger partial charge in [0.15, 0.2) is 5.84 Å². The highest BCUT2D eigenvalue weighted by atomic mass is 16.4. The quantitative estimate of drug-likeness (QED) is 0.233. The van der Waals surface area contributed by atoms with Gasteiger partial charge in [0.2, 0.25) is 5.56 Å². The minimum absolute atomic E-state index is 0.0993. The highest BCUT2D eigenvalue weighted by Gasteiger charge is 2.12. The third-order valence-corrected chi connectivity index (χ3v) is 1.95. The molecule has 7 nitrogen and oxygen atoms in total. The average Bonchev–Trinajstić information content (AvgIpc) is 2.28. The molecule has 0 spiro atoms. The summed E-state index contributed by atoms with van der Waals surface area (Å²) in [5, 5.41) is 13.6. The Hall–Kier alpha value is -2.31. The number of oxime groups is 1. The van der Waals surface area contributed by atoms with Crippen LogP contribution in [0.25, 0.3) is 0 Å². The van der Waals surface area contributed by atoms with Crippen LogP contribution in [0.15, 0.2) is 28.3 Å². The molecule has 1 amide bonds. The van der Waals surface area contributed by atoms with E-state index in [1.54, 1.807) is 6.92 Å². The van der Waals surface area contributed by atoms with E-state index in [0.29, 0.717) is 0 Å². The topological polar surface area (TPSA) is 121 Å². The molecule has 0 saturated carbocycles. The van der Waals surface area contributed by atoms with Crippen LogP contribution in [-0.4, -0.2) is 28.0 Å². The van der Waals surface area contributed by atoms with Crippen molar-refractivity contribution in [3.05, 3.63) is 34.2 Å². The molecule has 0 fully saturated rings. The molecule has 0 bridgehead atoms. The number of aromatic amines is 1. The zero-order valence-electron chi connectivity index (χ0n) is 8.60. The molecule has 0 aromatic carbocycles. The lowest BCUT2D eigenvalue weighted by Crippen LogP contribution is -2.42. The van der Waals surface area contributed by atoms with Gasteiger partial charge in [-0.3, -0.25) is 9.59 Å². The van der Waals surface area contributed by atoms with Crippen molar-refractivity contribution in [3.63, 3.8) is 0 Å². The number of amidine groups is 1. The van der Waals surface area contributed by atoms with Gasteiger partial charge in [0.25, 0.3) is 5.91 Å². The Labute approximate surface area is 91.0 Å². The van der Waals surface area contributed by atoms with Crippen LogP contribution in [0.5, 0.6) is 0 Å². The van der Waals surface area contributed by atoms with Crippen LogP contribution in [0.2, 0.25) is 0 Å². The van der Waals surface area contributed by atoms with Crippen molar-refractivity contribution in [1.29, 1.82) is 0 Å². The molecule has 0 aliphatic rings. The standard InChI is InChI=1S/C9H12N4O3/c1-5(8(10)13-16)12-9(15)6-2-3-7(14)11-4-6/h2-5,16H,1H3,(H2,10,13)(H,11,14)(H,12,15). The molecule has 1 unspecified atom stereocenters. The number of hydrogen-bond donors (Lipinski definition) is 4. The van der Waals surface area contributed by atoms with E-state index in [1.165, 1.54) is 18.3 Å². The summed E-state index contributed by atoms with van der Waals surface area (Å²) in [6, 6.07) is 2.03. The van der Waals surface area contributed by atoms with Crippen molar-refractivity contribution in [2.75, 3.05) is 0 Å². The number of carbonyl (C=O) groups is 1. The van der Waals surface area contributed by atoms with Gasteiger partial charge in [-0.2, -0.15) is 0 Å². The number of nitrogens with zero attached hydrogens (tertiary/aromatic N) is 1. The lowest BCUT2D eigenvalue weighted by molar-refractivity contribution is 0.0948. The second-order valence-corrected chi connectivity index (χ2v) is 3.16. The molecule has 7 heteroatoms. The fourth-order valence-electron chi connectivity index (χ4n) is 0.992. The average molecular weight is 224 g/mol. The predicted molar refractivity (Wildman–Crippen MR) is 57.4 cm³/mol. The minimum atomic E-state index is -0.593. The zero-order chi connectivity index (χ0) is 12.1. The Morgan fingerprint density at radius 3 is 2.81 bits per heavy atom. The van der Waals surface area contributed by atoms with E-state index in [1.807, 2.05) is 0 Å². The smallest absolute Gasteiger partial charge is 0.253 e. The molecular weight excluding hydrogens is 212 g/mol. The molecule has 0 aliphatic heterocycles. The number of pyridine rings is 1. The van der Waals surface area contributed by atoms with Gasteiger partial charge in [-0.1, -0.05) is 5.16 Å². The van der Waals surface area contributed by atoms with E-state index in [2.05, 4.69) is 15.5 Å². The van der Waals surface area contributed by atoms with E-state index in [4.69, 9.17) is 10.9 Å². The number of aromatic nitrogens is 1. The summed E-state index contributed by atoms with van der Waals surface area (Å²) < 4.78 is 0. The van der Waals surface area contributed by atoms with E-state index >= 15 is 0 Å². The van der Waals surface area contributed by atoms with Gasteiger partial charge in [0.1, 0.15) is 0 Å². The normalized spacial score (nSPS) is 13.2. The first-order valence-corrected chi connectivity index (χ1v) is 4.51. The number of hydrogen-bond acceptors (Lipinski definition) is 4. The number of nitrogens with two attached hydrogens (primary N) is 1. The first-order valence-electron chi connectivity index (χ1n) is 4.51. The number of rotatable bonds is 3. The highest BCUT2D eigenvalue weighted by molar-refractivity contribution is 5.97. The summed E-state index contributed by atoms with van der Waals surface area (Å²) in [6.07, 6.45) is 1.29.